The van der Waals surface area contributed by atoms with Gasteiger partial charge in [0.1, 0.15) is 5.82 Å². The largest absolute Gasteiger partial charge is 0.387 e. The van der Waals surface area contributed by atoms with Gasteiger partial charge >= 0.3 is 0 Å². The van der Waals surface area contributed by atoms with E-state index in [1.54, 1.807) is 24.3 Å². The van der Waals surface area contributed by atoms with Gasteiger partial charge in [0.25, 0.3) is 0 Å². The van der Waals surface area contributed by atoms with E-state index in [2.05, 4.69) is 0 Å². The highest BCUT2D eigenvalue weighted by molar-refractivity contribution is 7.99. The molecule has 4 heteroatoms. The minimum absolute atomic E-state index is 0.258. The molecule has 0 spiro atoms. The second-order valence-corrected chi connectivity index (χ2v) is 5.30. The van der Waals surface area contributed by atoms with Crippen LogP contribution in [0, 0.1) is 5.82 Å². The van der Waals surface area contributed by atoms with Gasteiger partial charge in [-0.3, -0.25) is 0 Å². The summed E-state index contributed by atoms with van der Waals surface area (Å²) in [5, 5.41) is 10.6. The average molecular weight is 283 g/mol. The van der Waals surface area contributed by atoms with Gasteiger partial charge in [0.05, 0.1) is 6.10 Å². The minimum atomic E-state index is -0.631. The van der Waals surface area contributed by atoms with Crippen molar-refractivity contribution in [3.8, 4) is 0 Å². The van der Waals surface area contributed by atoms with E-state index >= 15 is 0 Å². The van der Waals surface area contributed by atoms with Crippen molar-refractivity contribution < 1.29 is 9.50 Å². The fraction of sp³-hybridized carbons (Fsp3) is 0.143. The number of thioether (sulfide) groups is 1. The lowest BCUT2D eigenvalue weighted by Gasteiger charge is -2.12. The summed E-state index contributed by atoms with van der Waals surface area (Å²) in [6, 6.07) is 13.4. The summed E-state index contributed by atoms with van der Waals surface area (Å²) in [4.78, 5) is 0.919. The smallest absolute Gasteiger partial charge is 0.123 e. The first kappa shape index (κ1) is 13.4. The van der Waals surface area contributed by atoms with Crippen molar-refractivity contribution in [1.82, 2.24) is 0 Å². The summed E-state index contributed by atoms with van der Waals surface area (Å²) in [5.41, 5.74) is 0.716. The maximum atomic E-state index is 12.7. The van der Waals surface area contributed by atoms with Crippen LogP contribution in [0.4, 0.5) is 4.39 Å². The van der Waals surface area contributed by atoms with E-state index < -0.39 is 6.10 Å². The summed E-state index contributed by atoms with van der Waals surface area (Å²) in [7, 11) is 0. The Bertz CT molecular complexity index is 515. The van der Waals surface area contributed by atoms with Gasteiger partial charge in [-0.15, -0.1) is 11.8 Å². The third kappa shape index (κ3) is 3.48. The van der Waals surface area contributed by atoms with Crippen LogP contribution in [0.3, 0.4) is 0 Å². The number of benzene rings is 2. The molecular formula is C14H12ClFOS. The molecule has 0 aromatic heterocycles. The number of aliphatic hydroxyl groups is 1. The molecule has 0 aliphatic heterocycles. The van der Waals surface area contributed by atoms with Crippen molar-refractivity contribution in [2.24, 2.45) is 0 Å². The highest BCUT2D eigenvalue weighted by atomic mass is 35.5. The molecule has 0 amide bonds. The van der Waals surface area contributed by atoms with Crippen molar-refractivity contribution in [3.63, 3.8) is 0 Å². The first-order chi connectivity index (χ1) is 8.66. The predicted molar refractivity (Wildman–Crippen MR) is 73.5 cm³/mol. The molecule has 0 bridgehead atoms. The SMILES string of the molecule is OC(CSc1ccc(F)cc1)c1ccccc1Cl. The van der Waals surface area contributed by atoms with Crippen LogP contribution in [0.2, 0.25) is 5.02 Å². The van der Waals surface area contributed by atoms with Crippen LogP contribution >= 0.6 is 23.4 Å². The van der Waals surface area contributed by atoms with Crippen molar-refractivity contribution in [2.75, 3.05) is 5.75 Å². The average Bonchev–Trinajstić information content (AvgIpc) is 2.38. The van der Waals surface area contributed by atoms with Crippen LogP contribution in [0.25, 0.3) is 0 Å². The molecule has 0 radical (unpaired) electrons. The Kier molecular flexibility index (Phi) is 4.64. The maximum absolute atomic E-state index is 12.7. The molecule has 1 nitrogen and oxygen atoms in total. The van der Waals surface area contributed by atoms with Crippen molar-refractivity contribution in [3.05, 3.63) is 64.9 Å². The fourth-order valence-electron chi connectivity index (χ4n) is 1.54. The molecule has 2 rings (SSSR count). The minimum Gasteiger partial charge on any atom is -0.387 e. The molecule has 0 aliphatic rings. The lowest BCUT2D eigenvalue weighted by Crippen LogP contribution is -2.01. The van der Waals surface area contributed by atoms with E-state index in [1.807, 2.05) is 12.1 Å². The van der Waals surface area contributed by atoms with Gasteiger partial charge in [-0.1, -0.05) is 29.8 Å². The van der Waals surface area contributed by atoms with E-state index in [0.717, 1.165) is 4.90 Å². The number of aliphatic hydroxyl groups excluding tert-OH is 1. The van der Waals surface area contributed by atoms with Crippen molar-refractivity contribution in [1.29, 1.82) is 0 Å². The lowest BCUT2D eigenvalue weighted by atomic mass is 10.1. The van der Waals surface area contributed by atoms with Crippen LogP contribution in [0.5, 0.6) is 0 Å². The molecule has 0 saturated heterocycles. The molecule has 1 N–H and O–H groups in total. The van der Waals surface area contributed by atoms with Crippen molar-refractivity contribution >= 4 is 23.4 Å². The monoisotopic (exact) mass is 282 g/mol. The summed E-state index contributed by atoms with van der Waals surface area (Å²) < 4.78 is 12.7. The predicted octanol–water partition coefficient (Wildman–Crippen LogP) is 4.30. The Morgan fingerprint density at radius 3 is 2.44 bits per heavy atom. The maximum Gasteiger partial charge on any atom is 0.123 e. The molecule has 0 fully saturated rings. The van der Waals surface area contributed by atoms with Gasteiger partial charge in [-0.05, 0) is 35.9 Å². The summed E-state index contributed by atoms with van der Waals surface area (Å²) in [5.74, 6) is 0.223. The van der Waals surface area contributed by atoms with Crippen LogP contribution in [0.1, 0.15) is 11.7 Å². The van der Waals surface area contributed by atoms with E-state index in [9.17, 15) is 9.50 Å². The Balaban J connectivity index is 1.98. The zero-order valence-corrected chi connectivity index (χ0v) is 11.1. The van der Waals surface area contributed by atoms with E-state index in [-0.39, 0.29) is 5.82 Å². The second-order valence-electron chi connectivity index (χ2n) is 3.80. The number of halogens is 2. The number of hydrogen-bond donors (Lipinski definition) is 1. The molecule has 18 heavy (non-hydrogen) atoms. The quantitative estimate of drug-likeness (QED) is 0.844. The molecular weight excluding hydrogens is 271 g/mol. The van der Waals surface area contributed by atoms with Gasteiger partial charge in [0, 0.05) is 15.7 Å². The zero-order chi connectivity index (χ0) is 13.0. The van der Waals surface area contributed by atoms with Crippen LogP contribution in [0.15, 0.2) is 53.4 Å². The van der Waals surface area contributed by atoms with E-state index in [4.69, 9.17) is 11.6 Å². The first-order valence-corrected chi connectivity index (χ1v) is 6.84. The van der Waals surface area contributed by atoms with Gasteiger partial charge in [0.15, 0.2) is 0 Å². The highest BCUT2D eigenvalue weighted by Gasteiger charge is 2.11. The molecule has 2 aromatic carbocycles. The standard InChI is InChI=1S/C14H12ClFOS/c15-13-4-2-1-3-12(13)14(17)9-18-11-7-5-10(16)6-8-11/h1-8,14,17H,9H2. The van der Waals surface area contributed by atoms with Gasteiger partial charge in [0.2, 0.25) is 0 Å². The Morgan fingerprint density at radius 1 is 1.11 bits per heavy atom. The highest BCUT2D eigenvalue weighted by Crippen LogP contribution is 2.28. The Labute approximate surface area is 115 Å². The summed E-state index contributed by atoms with van der Waals surface area (Å²) in [6.45, 7) is 0. The number of rotatable bonds is 4. The molecule has 94 valence electrons. The van der Waals surface area contributed by atoms with Crippen LogP contribution < -0.4 is 0 Å². The number of hydrogen-bond acceptors (Lipinski definition) is 2. The van der Waals surface area contributed by atoms with Gasteiger partial charge in [-0.2, -0.15) is 0 Å². The third-order valence-corrected chi connectivity index (χ3v) is 3.92. The molecule has 0 saturated carbocycles. The Hall–Kier alpha value is -1.03. The van der Waals surface area contributed by atoms with E-state index in [1.165, 1.54) is 23.9 Å². The zero-order valence-electron chi connectivity index (χ0n) is 9.51. The second kappa shape index (κ2) is 6.23. The topological polar surface area (TPSA) is 20.2 Å². The molecule has 1 unspecified atom stereocenters. The van der Waals surface area contributed by atoms with Crippen molar-refractivity contribution in [2.45, 2.75) is 11.0 Å². The molecule has 0 heterocycles. The lowest BCUT2D eigenvalue weighted by molar-refractivity contribution is 0.204. The molecule has 1 atom stereocenters. The van der Waals surface area contributed by atoms with Gasteiger partial charge < -0.3 is 5.11 Å². The normalized spacial score (nSPS) is 12.4. The molecule has 0 aliphatic carbocycles. The summed E-state index contributed by atoms with van der Waals surface area (Å²) in [6.07, 6.45) is -0.631. The fourth-order valence-corrected chi connectivity index (χ4v) is 2.66. The van der Waals surface area contributed by atoms with Crippen LogP contribution in [-0.2, 0) is 0 Å². The van der Waals surface area contributed by atoms with E-state index in [0.29, 0.717) is 16.3 Å². The first-order valence-electron chi connectivity index (χ1n) is 5.47. The Morgan fingerprint density at radius 2 is 1.78 bits per heavy atom. The van der Waals surface area contributed by atoms with Crippen LogP contribution in [-0.4, -0.2) is 10.9 Å². The van der Waals surface area contributed by atoms with Gasteiger partial charge in [-0.25, -0.2) is 4.39 Å². The summed E-state index contributed by atoms with van der Waals surface area (Å²) >= 11 is 7.47. The molecule has 2 aromatic rings. The third-order valence-electron chi connectivity index (χ3n) is 2.49.